The third-order valence-electron chi connectivity index (χ3n) is 5.49. The molecule has 1 saturated carbocycles. The fourth-order valence-corrected chi connectivity index (χ4v) is 3.94. The molecule has 1 heterocycles. The normalized spacial score (nSPS) is 15.7. The van der Waals surface area contributed by atoms with Gasteiger partial charge in [-0.25, -0.2) is 9.48 Å². The first-order valence-electron chi connectivity index (χ1n) is 9.60. The molecule has 0 aliphatic heterocycles. The van der Waals surface area contributed by atoms with Crippen LogP contribution in [0.15, 0.2) is 36.7 Å². The molecule has 6 heteroatoms. The molecule has 0 saturated heterocycles. The Hall–Kier alpha value is -2.34. The van der Waals surface area contributed by atoms with E-state index in [9.17, 15) is 4.79 Å². The van der Waals surface area contributed by atoms with Crippen LogP contribution in [0.3, 0.4) is 0 Å². The number of nitrogens with zero attached hydrogens (tertiary/aromatic N) is 3. The quantitative estimate of drug-likeness (QED) is 0.811. The minimum atomic E-state index is -0.0546. The number of nitrogens with one attached hydrogen (secondary N) is 1. The van der Waals surface area contributed by atoms with Crippen molar-refractivity contribution in [1.29, 1.82) is 0 Å². The Morgan fingerprint density at radius 3 is 2.78 bits per heavy atom. The molecule has 1 fully saturated rings. The second kappa shape index (κ2) is 8.57. The molecular formula is C21H30N4O2. The largest absolute Gasteiger partial charge is 0.384 e. The molecule has 2 amide bonds. The van der Waals surface area contributed by atoms with Crippen LogP contribution in [0.2, 0.25) is 0 Å². The van der Waals surface area contributed by atoms with Gasteiger partial charge in [-0.3, -0.25) is 0 Å². The van der Waals surface area contributed by atoms with E-state index >= 15 is 0 Å². The van der Waals surface area contributed by atoms with Crippen molar-refractivity contribution in [2.24, 2.45) is 5.41 Å². The van der Waals surface area contributed by atoms with Gasteiger partial charge in [0.15, 0.2) is 0 Å². The average molecular weight is 370 g/mol. The molecule has 1 aliphatic carbocycles. The van der Waals surface area contributed by atoms with Crippen molar-refractivity contribution in [1.82, 2.24) is 20.0 Å². The zero-order valence-corrected chi connectivity index (χ0v) is 16.6. The molecule has 1 N–H and O–H groups in total. The van der Waals surface area contributed by atoms with Crippen LogP contribution in [-0.2, 0) is 11.3 Å². The van der Waals surface area contributed by atoms with Crippen molar-refractivity contribution >= 4 is 6.03 Å². The Kier molecular flexibility index (Phi) is 6.16. The summed E-state index contributed by atoms with van der Waals surface area (Å²) in [7, 11) is 3.55. The molecule has 6 nitrogen and oxygen atoms in total. The topological polar surface area (TPSA) is 59.4 Å². The minimum absolute atomic E-state index is 0.0546. The summed E-state index contributed by atoms with van der Waals surface area (Å²) >= 11 is 0. The van der Waals surface area contributed by atoms with Crippen molar-refractivity contribution in [2.75, 3.05) is 27.3 Å². The van der Waals surface area contributed by atoms with E-state index in [1.807, 2.05) is 42.3 Å². The molecule has 0 bridgehead atoms. The summed E-state index contributed by atoms with van der Waals surface area (Å²) in [6.45, 7) is 3.97. The van der Waals surface area contributed by atoms with Crippen molar-refractivity contribution < 1.29 is 9.53 Å². The predicted molar refractivity (Wildman–Crippen MR) is 106 cm³/mol. The fourth-order valence-electron chi connectivity index (χ4n) is 3.94. The third-order valence-corrected chi connectivity index (χ3v) is 5.49. The zero-order valence-electron chi connectivity index (χ0n) is 16.6. The van der Waals surface area contributed by atoms with Gasteiger partial charge in [-0.2, -0.15) is 5.10 Å². The number of methoxy groups -OCH3 is 1. The van der Waals surface area contributed by atoms with Crippen molar-refractivity contribution in [3.8, 4) is 5.69 Å². The Labute approximate surface area is 161 Å². The maximum absolute atomic E-state index is 12.5. The summed E-state index contributed by atoms with van der Waals surface area (Å²) in [6.07, 6.45) is 8.47. The van der Waals surface area contributed by atoms with Gasteiger partial charge in [0.25, 0.3) is 0 Å². The Bertz CT molecular complexity index is 765. The van der Waals surface area contributed by atoms with Gasteiger partial charge in [0, 0.05) is 37.9 Å². The van der Waals surface area contributed by atoms with E-state index in [1.165, 1.54) is 18.4 Å². The SMILES string of the molecule is COCC1(CNC(=O)N(C)Cc2cnn(-c3ccccc3C)c2)CCCC1. The van der Waals surface area contributed by atoms with Crippen LogP contribution >= 0.6 is 0 Å². The predicted octanol–water partition coefficient (Wildman–Crippen LogP) is 3.53. The molecule has 146 valence electrons. The Balaban J connectivity index is 1.56. The fraction of sp³-hybridized carbons (Fsp3) is 0.524. The zero-order chi connectivity index (χ0) is 19.3. The summed E-state index contributed by atoms with van der Waals surface area (Å²) in [6, 6.07) is 8.07. The summed E-state index contributed by atoms with van der Waals surface area (Å²) in [5, 5.41) is 7.54. The van der Waals surface area contributed by atoms with Gasteiger partial charge in [0.05, 0.1) is 25.0 Å². The molecule has 2 aromatic rings. The van der Waals surface area contributed by atoms with Crippen LogP contribution in [0.1, 0.15) is 36.8 Å². The maximum atomic E-state index is 12.5. The first-order valence-corrected chi connectivity index (χ1v) is 9.60. The molecule has 1 aromatic heterocycles. The van der Waals surface area contributed by atoms with Crippen LogP contribution in [0.5, 0.6) is 0 Å². The molecule has 0 atom stereocenters. The molecule has 0 unspecified atom stereocenters. The van der Waals surface area contributed by atoms with E-state index in [0.717, 1.165) is 24.1 Å². The molecule has 0 radical (unpaired) electrons. The average Bonchev–Trinajstić information content (AvgIpc) is 3.31. The lowest BCUT2D eigenvalue weighted by molar-refractivity contribution is 0.0829. The van der Waals surface area contributed by atoms with Gasteiger partial charge in [-0.15, -0.1) is 0 Å². The monoisotopic (exact) mass is 370 g/mol. The summed E-state index contributed by atoms with van der Waals surface area (Å²) in [5.41, 5.74) is 3.32. The number of hydrogen-bond donors (Lipinski definition) is 1. The van der Waals surface area contributed by atoms with Crippen molar-refractivity contribution in [3.05, 3.63) is 47.8 Å². The highest BCUT2D eigenvalue weighted by Crippen LogP contribution is 2.37. The van der Waals surface area contributed by atoms with E-state index < -0.39 is 0 Å². The molecule has 1 aromatic carbocycles. The minimum Gasteiger partial charge on any atom is -0.384 e. The van der Waals surface area contributed by atoms with E-state index in [4.69, 9.17) is 4.74 Å². The maximum Gasteiger partial charge on any atom is 0.317 e. The van der Waals surface area contributed by atoms with Crippen LogP contribution in [0, 0.1) is 12.3 Å². The van der Waals surface area contributed by atoms with Gasteiger partial charge in [0.1, 0.15) is 0 Å². The number of rotatable bonds is 7. The summed E-state index contributed by atoms with van der Waals surface area (Å²) in [5.74, 6) is 0. The van der Waals surface area contributed by atoms with E-state index in [-0.39, 0.29) is 11.4 Å². The molecule has 0 spiro atoms. The number of ether oxygens (including phenoxy) is 1. The third kappa shape index (κ3) is 4.69. The lowest BCUT2D eigenvalue weighted by Crippen LogP contribution is -2.43. The number of benzene rings is 1. The molecule has 3 rings (SSSR count). The second-order valence-electron chi connectivity index (χ2n) is 7.73. The number of aryl methyl sites for hydroxylation is 1. The molecule has 1 aliphatic rings. The lowest BCUT2D eigenvalue weighted by Gasteiger charge is -2.29. The van der Waals surface area contributed by atoms with Gasteiger partial charge < -0.3 is 15.0 Å². The number of aromatic nitrogens is 2. The highest BCUT2D eigenvalue weighted by molar-refractivity contribution is 5.73. The number of para-hydroxylation sites is 1. The van der Waals surface area contributed by atoms with Crippen LogP contribution in [0.25, 0.3) is 5.69 Å². The van der Waals surface area contributed by atoms with Gasteiger partial charge >= 0.3 is 6.03 Å². The molecule has 27 heavy (non-hydrogen) atoms. The van der Waals surface area contributed by atoms with Crippen LogP contribution in [-0.4, -0.2) is 48.0 Å². The summed E-state index contributed by atoms with van der Waals surface area (Å²) < 4.78 is 7.26. The second-order valence-corrected chi connectivity index (χ2v) is 7.73. The van der Waals surface area contributed by atoms with Crippen LogP contribution in [0.4, 0.5) is 4.79 Å². The first kappa shape index (κ1) is 19.4. The van der Waals surface area contributed by atoms with E-state index in [1.54, 1.807) is 12.0 Å². The number of urea groups is 1. The first-order chi connectivity index (χ1) is 13.0. The smallest absolute Gasteiger partial charge is 0.317 e. The highest BCUT2D eigenvalue weighted by atomic mass is 16.5. The van der Waals surface area contributed by atoms with E-state index in [2.05, 4.69) is 23.4 Å². The van der Waals surface area contributed by atoms with Gasteiger partial charge in [-0.1, -0.05) is 31.0 Å². The number of hydrogen-bond acceptors (Lipinski definition) is 3. The number of carbonyl (C=O) groups is 1. The van der Waals surface area contributed by atoms with Gasteiger partial charge in [-0.05, 0) is 31.4 Å². The summed E-state index contributed by atoms with van der Waals surface area (Å²) in [4.78, 5) is 14.2. The van der Waals surface area contributed by atoms with Gasteiger partial charge in [0.2, 0.25) is 0 Å². The molecular weight excluding hydrogens is 340 g/mol. The van der Waals surface area contributed by atoms with Crippen molar-refractivity contribution in [3.63, 3.8) is 0 Å². The lowest BCUT2D eigenvalue weighted by atomic mass is 9.87. The standard InChI is InChI=1S/C21H30N4O2/c1-17-8-4-5-9-19(17)25-14-18(12-23-25)13-24(2)20(26)22-15-21(16-27-3)10-6-7-11-21/h4-5,8-9,12,14H,6-7,10-11,13,15-16H2,1-3H3,(H,22,26). The van der Waals surface area contributed by atoms with Crippen molar-refractivity contribution in [2.45, 2.75) is 39.2 Å². The Morgan fingerprint density at radius 1 is 1.33 bits per heavy atom. The number of amides is 2. The number of carbonyl (C=O) groups excluding carboxylic acids is 1. The van der Waals surface area contributed by atoms with E-state index in [0.29, 0.717) is 19.7 Å². The highest BCUT2D eigenvalue weighted by Gasteiger charge is 2.34. The Morgan fingerprint density at radius 2 is 2.07 bits per heavy atom. The van der Waals surface area contributed by atoms with Crippen LogP contribution < -0.4 is 5.32 Å².